The summed E-state index contributed by atoms with van der Waals surface area (Å²) < 4.78 is 5.51. The molecule has 0 radical (unpaired) electrons. The van der Waals surface area contributed by atoms with Gasteiger partial charge in [-0.05, 0) is 42.8 Å². The minimum Gasteiger partial charge on any atom is -0.450 e. The molecule has 2 rings (SSSR count). The Bertz CT molecular complexity index is 644. The second-order valence-corrected chi connectivity index (χ2v) is 4.37. The zero-order valence-electron chi connectivity index (χ0n) is 10.1. The lowest BCUT2D eigenvalue weighted by Crippen LogP contribution is -1.98. The van der Waals surface area contributed by atoms with E-state index in [1.807, 2.05) is 6.92 Å². The van der Waals surface area contributed by atoms with Crippen molar-refractivity contribution in [2.45, 2.75) is 6.92 Å². The molecule has 0 aliphatic carbocycles. The number of ether oxygens (including phenoxy) is 1. The van der Waals surface area contributed by atoms with E-state index in [1.54, 1.807) is 24.3 Å². The second kappa shape index (κ2) is 5.16. The molecule has 2 aromatic carbocycles. The van der Waals surface area contributed by atoms with Crippen molar-refractivity contribution in [1.82, 2.24) is 0 Å². The summed E-state index contributed by atoms with van der Waals surface area (Å²) >= 11 is 5.91. The zero-order chi connectivity index (χ0) is 14.0. The quantitative estimate of drug-likeness (QED) is 0.524. The van der Waals surface area contributed by atoms with Crippen LogP contribution in [0, 0.1) is 17.0 Å². The first-order valence-electron chi connectivity index (χ1n) is 5.46. The van der Waals surface area contributed by atoms with Gasteiger partial charge in [0.2, 0.25) is 5.75 Å². The summed E-state index contributed by atoms with van der Waals surface area (Å²) in [6, 6.07) is 9.57. The van der Waals surface area contributed by atoms with Crippen molar-refractivity contribution in [2.24, 2.45) is 0 Å². The number of nitrogens with zero attached hydrogens (tertiary/aromatic N) is 1. The number of nitro groups is 1. The molecule has 0 spiro atoms. The summed E-state index contributed by atoms with van der Waals surface area (Å²) in [6.07, 6.45) is 0. The number of para-hydroxylation sites is 1. The maximum atomic E-state index is 11.0. The number of aryl methyl sites for hydroxylation is 1. The Balaban J connectivity index is 2.40. The van der Waals surface area contributed by atoms with Crippen molar-refractivity contribution < 1.29 is 9.66 Å². The molecule has 0 saturated carbocycles. The number of rotatable bonds is 3. The minimum absolute atomic E-state index is 0.0631. The first-order valence-corrected chi connectivity index (χ1v) is 5.83. The fraction of sp³-hybridized carbons (Fsp3) is 0.0769. The molecule has 0 saturated heterocycles. The van der Waals surface area contributed by atoms with E-state index >= 15 is 0 Å². The summed E-state index contributed by atoms with van der Waals surface area (Å²) in [6.45, 7) is 1.82. The van der Waals surface area contributed by atoms with Gasteiger partial charge >= 0.3 is 5.69 Å². The van der Waals surface area contributed by atoms with E-state index in [4.69, 9.17) is 22.1 Å². The summed E-state index contributed by atoms with van der Waals surface area (Å²) in [7, 11) is 0. The van der Waals surface area contributed by atoms with Crippen LogP contribution in [0.5, 0.6) is 11.5 Å². The van der Waals surface area contributed by atoms with Gasteiger partial charge < -0.3 is 10.5 Å². The number of nitrogen functional groups attached to an aromatic ring is 1. The van der Waals surface area contributed by atoms with Crippen LogP contribution in [0.25, 0.3) is 0 Å². The van der Waals surface area contributed by atoms with Gasteiger partial charge in [0.1, 0.15) is 11.4 Å². The molecule has 0 aliphatic heterocycles. The normalized spacial score (nSPS) is 10.2. The van der Waals surface area contributed by atoms with Gasteiger partial charge in [0, 0.05) is 5.02 Å². The van der Waals surface area contributed by atoms with E-state index in [2.05, 4.69) is 0 Å². The Hall–Kier alpha value is -2.27. The Morgan fingerprint density at radius 3 is 2.68 bits per heavy atom. The molecule has 0 amide bonds. The van der Waals surface area contributed by atoms with E-state index in [-0.39, 0.29) is 17.1 Å². The molecule has 6 heteroatoms. The lowest BCUT2D eigenvalue weighted by molar-refractivity contribution is -0.384. The molecule has 2 aromatic rings. The van der Waals surface area contributed by atoms with Crippen LogP contribution in [0.15, 0.2) is 36.4 Å². The van der Waals surface area contributed by atoms with Gasteiger partial charge in [-0.3, -0.25) is 10.1 Å². The van der Waals surface area contributed by atoms with E-state index in [9.17, 15) is 10.1 Å². The Morgan fingerprint density at radius 1 is 1.32 bits per heavy atom. The van der Waals surface area contributed by atoms with E-state index in [0.29, 0.717) is 10.8 Å². The number of hydrogen-bond donors (Lipinski definition) is 1. The van der Waals surface area contributed by atoms with Crippen molar-refractivity contribution in [3.63, 3.8) is 0 Å². The van der Waals surface area contributed by atoms with Crippen LogP contribution in [0.4, 0.5) is 11.4 Å². The van der Waals surface area contributed by atoms with Crippen LogP contribution in [0.1, 0.15) is 5.56 Å². The molecule has 0 unspecified atom stereocenters. The second-order valence-electron chi connectivity index (χ2n) is 3.96. The largest absolute Gasteiger partial charge is 0.450 e. The fourth-order valence-electron chi connectivity index (χ4n) is 1.62. The van der Waals surface area contributed by atoms with Crippen molar-refractivity contribution in [2.75, 3.05) is 5.73 Å². The first kappa shape index (κ1) is 13.2. The summed E-state index contributed by atoms with van der Waals surface area (Å²) in [4.78, 5) is 10.4. The van der Waals surface area contributed by atoms with Crippen LogP contribution < -0.4 is 10.5 Å². The molecule has 0 fully saturated rings. The number of hydrogen-bond acceptors (Lipinski definition) is 4. The van der Waals surface area contributed by atoms with Gasteiger partial charge in [0.05, 0.1) is 4.92 Å². The number of benzene rings is 2. The monoisotopic (exact) mass is 278 g/mol. The van der Waals surface area contributed by atoms with Crippen LogP contribution in [0.2, 0.25) is 5.02 Å². The number of anilines is 1. The molecule has 5 nitrogen and oxygen atoms in total. The summed E-state index contributed by atoms with van der Waals surface area (Å²) in [5.74, 6) is 0.572. The third-order valence-corrected chi connectivity index (χ3v) is 2.99. The van der Waals surface area contributed by atoms with Crippen LogP contribution >= 0.6 is 11.6 Å². The molecule has 0 heterocycles. The van der Waals surface area contributed by atoms with Gasteiger partial charge in [-0.15, -0.1) is 0 Å². The summed E-state index contributed by atoms with van der Waals surface area (Å²) in [5.41, 5.74) is 6.23. The summed E-state index contributed by atoms with van der Waals surface area (Å²) in [5, 5.41) is 11.6. The SMILES string of the molecule is Cc1cc(Oc2cccc(N)c2[N+](=O)[O-])ccc1Cl. The van der Waals surface area contributed by atoms with Crippen molar-refractivity contribution >= 4 is 23.0 Å². The van der Waals surface area contributed by atoms with E-state index in [1.165, 1.54) is 12.1 Å². The maximum Gasteiger partial charge on any atom is 0.334 e. The average molecular weight is 279 g/mol. The highest BCUT2D eigenvalue weighted by Gasteiger charge is 2.19. The topological polar surface area (TPSA) is 78.4 Å². The van der Waals surface area contributed by atoms with Crippen molar-refractivity contribution in [3.05, 3.63) is 57.1 Å². The van der Waals surface area contributed by atoms with Gasteiger partial charge in [-0.2, -0.15) is 0 Å². The van der Waals surface area contributed by atoms with Gasteiger partial charge in [0.25, 0.3) is 0 Å². The molecule has 0 atom stereocenters. The molecule has 98 valence electrons. The zero-order valence-corrected chi connectivity index (χ0v) is 10.8. The fourth-order valence-corrected chi connectivity index (χ4v) is 1.74. The Labute approximate surface area is 114 Å². The molecule has 2 N–H and O–H groups in total. The first-order chi connectivity index (χ1) is 8.99. The highest BCUT2D eigenvalue weighted by Crippen LogP contribution is 2.36. The molecule has 0 aromatic heterocycles. The van der Waals surface area contributed by atoms with Crippen molar-refractivity contribution in [3.8, 4) is 11.5 Å². The molecular formula is C13H11ClN2O3. The van der Waals surface area contributed by atoms with Crippen LogP contribution in [0.3, 0.4) is 0 Å². The van der Waals surface area contributed by atoms with E-state index < -0.39 is 4.92 Å². The number of nitrogens with two attached hydrogens (primary N) is 1. The predicted octanol–water partition coefficient (Wildman–Crippen LogP) is 3.93. The van der Waals surface area contributed by atoms with Gasteiger partial charge in [-0.1, -0.05) is 17.7 Å². The Kier molecular flexibility index (Phi) is 3.57. The third kappa shape index (κ3) is 2.77. The Morgan fingerprint density at radius 2 is 2.05 bits per heavy atom. The molecule has 0 bridgehead atoms. The molecule has 19 heavy (non-hydrogen) atoms. The number of nitro benzene ring substituents is 1. The lowest BCUT2D eigenvalue weighted by Gasteiger charge is -2.08. The third-order valence-electron chi connectivity index (χ3n) is 2.57. The maximum absolute atomic E-state index is 11.0. The predicted molar refractivity (Wildman–Crippen MR) is 73.8 cm³/mol. The average Bonchev–Trinajstić information content (AvgIpc) is 2.33. The van der Waals surface area contributed by atoms with Crippen LogP contribution in [-0.2, 0) is 0 Å². The standard InChI is InChI=1S/C13H11ClN2O3/c1-8-7-9(5-6-10(8)14)19-12-4-2-3-11(15)13(12)16(17)18/h2-7H,15H2,1H3. The number of halogens is 1. The molecule has 0 aliphatic rings. The minimum atomic E-state index is -0.562. The van der Waals surface area contributed by atoms with Gasteiger partial charge in [0.15, 0.2) is 0 Å². The lowest BCUT2D eigenvalue weighted by atomic mass is 10.2. The van der Waals surface area contributed by atoms with E-state index in [0.717, 1.165) is 5.56 Å². The van der Waals surface area contributed by atoms with Crippen LogP contribution in [-0.4, -0.2) is 4.92 Å². The molecular weight excluding hydrogens is 268 g/mol. The smallest absolute Gasteiger partial charge is 0.334 e. The van der Waals surface area contributed by atoms with Crippen molar-refractivity contribution in [1.29, 1.82) is 0 Å². The van der Waals surface area contributed by atoms with Gasteiger partial charge in [-0.25, -0.2) is 0 Å². The highest BCUT2D eigenvalue weighted by molar-refractivity contribution is 6.31. The highest BCUT2D eigenvalue weighted by atomic mass is 35.5.